The summed E-state index contributed by atoms with van der Waals surface area (Å²) in [7, 11) is 0. The SMILES string of the molecule is CCn1nc(C)c2c1c(=O)n(Cc1ccco1)c(=O)n2CC(=O)N[C@@H](C)CCc1ccccc1. The molecule has 0 saturated carbocycles. The molecule has 4 aromatic rings. The van der Waals surface area contributed by atoms with Crippen molar-refractivity contribution in [1.82, 2.24) is 24.2 Å². The molecule has 1 N–H and O–H groups in total. The van der Waals surface area contributed by atoms with Gasteiger partial charge in [-0.3, -0.25) is 23.4 Å². The summed E-state index contributed by atoms with van der Waals surface area (Å²) in [5.74, 6) is 0.180. The van der Waals surface area contributed by atoms with Gasteiger partial charge in [-0.1, -0.05) is 30.3 Å². The van der Waals surface area contributed by atoms with Crippen LogP contribution in [0.4, 0.5) is 0 Å². The van der Waals surface area contributed by atoms with Gasteiger partial charge in [0.2, 0.25) is 5.91 Å². The lowest BCUT2D eigenvalue weighted by atomic mass is 10.1. The van der Waals surface area contributed by atoms with Crippen molar-refractivity contribution in [3.8, 4) is 0 Å². The number of carbonyl (C=O) groups is 1. The van der Waals surface area contributed by atoms with Gasteiger partial charge in [0.05, 0.1) is 18.5 Å². The molecule has 0 spiro atoms. The highest BCUT2D eigenvalue weighted by Crippen LogP contribution is 2.14. The first-order chi connectivity index (χ1) is 16.4. The summed E-state index contributed by atoms with van der Waals surface area (Å²) in [6.07, 6.45) is 3.09. The van der Waals surface area contributed by atoms with Crippen LogP contribution in [-0.2, 0) is 30.8 Å². The predicted molar refractivity (Wildman–Crippen MR) is 129 cm³/mol. The highest BCUT2D eigenvalue weighted by atomic mass is 16.3. The first-order valence-electron chi connectivity index (χ1n) is 11.5. The minimum atomic E-state index is -0.570. The van der Waals surface area contributed by atoms with Gasteiger partial charge in [0.1, 0.15) is 17.8 Å². The zero-order chi connectivity index (χ0) is 24.2. The van der Waals surface area contributed by atoms with Crippen LogP contribution in [0.5, 0.6) is 0 Å². The van der Waals surface area contributed by atoms with Crippen molar-refractivity contribution in [2.75, 3.05) is 0 Å². The third-order valence-electron chi connectivity index (χ3n) is 5.89. The van der Waals surface area contributed by atoms with Gasteiger partial charge in [0.25, 0.3) is 5.56 Å². The number of aryl methyl sites for hydroxylation is 3. The maximum atomic E-state index is 13.4. The fourth-order valence-corrected chi connectivity index (χ4v) is 4.20. The zero-order valence-corrected chi connectivity index (χ0v) is 19.7. The second kappa shape index (κ2) is 9.94. The third-order valence-corrected chi connectivity index (χ3v) is 5.89. The molecule has 1 atom stereocenters. The molecule has 1 aromatic carbocycles. The Kier molecular flexibility index (Phi) is 6.81. The van der Waals surface area contributed by atoms with Crippen LogP contribution in [0.3, 0.4) is 0 Å². The molecular formula is C25H29N5O4. The number of nitrogens with one attached hydrogen (secondary N) is 1. The van der Waals surface area contributed by atoms with Crippen molar-refractivity contribution >= 4 is 16.9 Å². The molecule has 0 aliphatic carbocycles. The van der Waals surface area contributed by atoms with Crippen molar-refractivity contribution < 1.29 is 9.21 Å². The Morgan fingerprint density at radius 1 is 1.09 bits per heavy atom. The van der Waals surface area contributed by atoms with Gasteiger partial charge in [-0.05, 0) is 51.3 Å². The summed E-state index contributed by atoms with van der Waals surface area (Å²) in [4.78, 5) is 39.6. The van der Waals surface area contributed by atoms with Crippen molar-refractivity contribution in [3.05, 3.63) is 86.6 Å². The van der Waals surface area contributed by atoms with Crippen LogP contribution in [-0.4, -0.2) is 30.9 Å². The monoisotopic (exact) mass is 463 g/mol. The maximum Gasteiger partial charge on any atom is 0.332 e. The minimum absolute atomic E-state index is 0.0242. The van der Waals surface area contributed by atoms with E-state index in [0.717, 1.165) is 17.4 Å². The van der Waals surface area contributed by atoms with Crippen LogP contribution < -0.4 is 16.6 Å². The Labute approximate surface area is 196 Å². The molecule has 0 aliphatic rings. The van der Waals surface area contributed by atoms with Gasteiger partial charge < -0.3 is 9.73 Å². The van der Waals surface area contributed by atoms with Gasteiger partial charge in [0.15, 0.2) is 5.52 Å². The van der Waals surface area contributed by atoms with Gasteiger partial charge in [-0.25, -0.2) is 4.79 Å². The van der Waals surface area contributed by atoms with Crippen LogP contribution in [0.1, 0.15) is 37.3 Å². The smallest absolute Gasteiger partial charge is 0.332 e. The highest BCUT2D eigenvalue weighted by molar-refractivity contribution is 5.81. The zero-order valence-electron chi connectivity index (χ0n) is 19.7. The van der Waals surface area contributed by atoms with Crippen molar-refractivity contribution in [2.45, 2.75) is 59.3 Å². The fourth-order valence-electron chi connectivity index (χ4n) is 4.20. The average Bonchev–Trinajstić information content (AvgIpc) is 3.46. The molecule has 0 aliphatic heterocycles. The van der Waals surface area contributed by atoms with Crippen LogP contribution in [0.25, 0.3) is 11.0 Å². The number of furan rings is 1. The van der Waals surface area contributed by atoms with E-state index in [1.54, 1.807) is 23.7 Å². The Hall–Kier alpha value is -3.88. The molecule has 0 saturated heterocycles. The summed E-state index contributed by atoms with van der Waals surface area (Å²) < 4.78 is 9.36. The van der Waals surface area contributed by atoms with Crippen LogP contribution in [0, 0.1) is 6.92 Å². The topological polar surface area (TPSA) is 104 Å². The summed E-state index contributed by atoms with van der Waals surface area (Å²) in [5, 5.41) is 7.41. The summed E-state index contributed by atoms with van der Waals surface area (Å²) in [5.41, 5.74) is 1.40. The standard InChI is InChI=1S/C25H29N5O4/c1-4-30-23-22(18(3)27-30)28(25(33)29(24(23)32)15-20-11-8-14-34-20)16-21(31)26-17(2)12-13-19-9-6-5-7-10-19/h5-11,14,17H,4,12-13,15-16H2,1-3H3,(H,26,31)/t17-/m0/s1. The van der Waals surface area contributed by atoms with E-state index in [2.05, 4.69) is 22.5 Å². The minimum Gasteiger partial charge on any atom is -0.467 e. The number of aromatic nitrogens is 4. The second-order valence-electron chi connectivity index (χ2n) is 8.43. The molecule has 9 nitrogen and oxygen atoms in total. The first kappa shape index (κ1) is 23.3. The van der Waals surface area contributed by atoms with E-state index in [1.807, 2.05) is 32.0 Å². The van der Waals surface area contributed by atoms with E-state index in [9.17, 15) is 14.4 Å². The summed E-state index contributed by atoms with van der Waals surface area (Å²) in [6.45, 7) is 5.78. The fraction of sp³-hybridized carbons (Fsp3) is 0.360. The van der Waals surface area contributed by atoms with Crippen LogP contribution in [0.2, 0.25) is 0 Å². The van der Waals surface area contributed by atoms with Crippen molar-refractivity contribution in [1.29, 1.82) is 0 Å². The Morgan fingerprint density at radius 2 is 1.85 bits per heavy atom. The summed E-state index contributed by atoms with van der Waals surface area (Å²) >= 11 is 0. The Bertz CT molecular complexity index is 1400. The van der Waals surface area contributed by atoms with Crippen LogP contribution >= 0.6 is 0 Å². The lowest BCUT2D eigenvalue weighted by molar-refractivity contribution is -0.122. The quantitative estimate of drug-likeness (QED) is 0.411. The van der Waals surface area contributed by atoms with Crippen molar-refractivity contribution in [3.63, 3.8) is 0 Å². The largest absolute Gasteiger partial charge is 0.467 e. The molecule has 3 heterocycles. The number of nitrogens with zero attached hydrogens (tertiary/aromatic N) is 4. The third kappa shape index (κ3) is 4.73. The van der Waals surface area contributed by atoms with Crippen molar-refractivity contribution in [2.24, 2.45) is 0 Å². The molecular weight excluding hydrogens is 434 g/mol. The van der Waals surface area contributed by atoms with Gasteiger partial charge >= 0.3 is 5.69 Å². The van der Waals surface area contributed by atoms with Crippen LogP contribution in [0.15, 0.2) is 62.7 Å². The lowest BCUT2D eigenvalue weighted by Crippen LogP contribution is -2.44. The average molecular weight is 464 g/mol. The molecule has 9 heteroatoms. The first-order valence-corrected chi connectivity index (χ1v) is 11.5. The molecule has 0 unspecified atom stereocenters. The number of hydrogen-bond donors (Lipinski definition) is 1. The molecule has 0 bridgehead atoms. The molecule has 34 heavy (non-hydrogen) atoms. The molecule has 0 radical (unpaired) electrons. The Balaban J connectivity index is 1.63. The summed E-state index contributed by atoms with van der Waals surface area (Å²) in [6, 6.07) is 13.4. The van der Waals surface area contributed by atoms with Gasteiger partial charge in [-0.2, -0.15) is 5.10 Å². The van der Waals surface area contributed by atoms with Gasteiger partial charge in [-0.15, -0.1) is 0 Å². The number of carbonyl (C=O) groups excluding carboxylic acids is 1. The highest BCUT2D eigenvalue weighted by Gasteiger charge is 2.22. The Morgan fingerprint density at radius 3 is 2.53 bits per heavy atom. The van der Waals surface area contributed by atoms with E-state index in [-0.39, 0.29) is 25.0 Å². The lowest BCUT2D eigenvalue weighted by Gasteiger charge is -2.16. The molecule has 4 rings (SSSR count). The number of amides is 1. The van der Waals surface area contributed by atoms with E-state index in [0.29, 0.717) is 29.0 Å². The van der Waals surface area contributed by atoms with E-state index in [4.69, 9.17) is 4.42 Å². The predicted octanol–water partition coefficient (Wildman–Crippen LogP) is 2.47. The van der Waals surface area contributed by atoms with Gasteiger partial charge in [0, 0.05) is 12.6 Å². The van der Waals surface area contributed by atoms with E-state index in [1.165, 1.54) is 16.4 Å². The molecule has 178 valence electrons. The van der Waals surface area contributed by atoms with E-state index < -0.39 is 11.2 Å². The second-order valence-corrected chi connectivity index (χ2v) is 8.43. The number of rotatable bonds is 9. The number of fused-ring (bicyclic) bond motifs is 1. The normalized spacial score (nSPS) is 12.2. The molecule has 0 fully saturated rings. The number of hydrogen-bond acceptors (Lipinski definition) is 5. The molecule has 3 aromatic heterocycles. The number of benzene rings is 1. The molecule has 1 amide bonds. The van der Waals surface area contributed by atoms with E-state index >= 15 is 0 Å². The maximum absolute atomic E-state index is 13.4.